The van der Waals surface area contributed by atoms with E-state index in [2.05, 4.69) is 0 Å². The van der Waals surface area contributed by atoms with Crippen molar-refractivity contribution in [1.29, 1.82) is 0 Å². The Morgan fingerprint density at radius 3 is 2.62 bits per heavy atom. The number of rotatable bonds is 3. The summed E-state index contributed by atoms with van der Waals surface area (Å²) < 4.78 is 26.7. The number of fused-ring (bicyclic) bond motifs is 1. The van der Waals surface area contributed by atoms with Gasteiger partial charge < -0.3 is 10.0 Å². The molecule has 108 valence electrons. The van der Waals surface area contributed by atoms with Crippen molar-refractivity contribution in [2.45, 2.75) is 13.0 Å². The highest BCUT2D eigenvalue weighted by Gasteiger charge is 2.22. The van der Waals surface area contributed by atoms with E-state index in [4.69, 9.17) is 5.11 Å². The van der Waals surface area contributed by atoms with Crippen LogP contribution in [-0.4, -0.2) is 17.6 Å². The van der Waals surface area contributed by atoms with Gasteiger partial charge in [0.05, 0.1) is 5.56 Å². The standard InChI is InChI=1S/C16H13F2NO2/c17-12-3-4-14(16(20)21)11(7-12)9-19-6-5-10-1-2-13(18)8-15(10)19/h1-4,7-8H,5-6,9H2,(H,20,21). The van der Waals surface area contributed by atoms with Gasteiger partial charge in [-0.3, -0.25) is 0 Å². The van der Waals surface area contributed by atoms with Crippen molar-refractivity contribution >= 4 is 11.7 Å². The van der Waals surface area contributed by atoms with E-state index < -0.39 is 11.8 Å². The second kappa shape index (κ2) is 5.16. The Balaban J connectivity index is 1.94. The Morgan fingerprint density at radius 2 is 1.86 bits per heavy atom. The molecule has 5 heteroatoms. The molecular formula is C16H13F2NO2. The molecule has 3 nitrogen and oxygen atoms in total. The Kier molecular flexibility index (Phi) is 3.33. The van der Waals surface area contributed by atoms with Crippen LogP contribution < -0.4 is 4.90 Å². The van der Waals surface area contributed by atoms with Gasteiger partial charge in [-0.25, -0.2) is 13.6 Å². The van der Waals surface area contributed by atoms with Crippen molar-refractivity contribution < 1.29 is 18.7 Å². The molecule has 0 saturated heterocycles. The van der Waals surface area contributed by atoms with Crippen LogP contribution in [0.1, 0.15) is 21.5 Å². The van der Waals surface area contributed by atoms with Crippen LogP contribution in [0.4, 0.5) is 14.5 Å². The summed E-state index contributed by atoms with van der Waals surface area (Å²) in [7, 11) is 0. The van der Waals surface area contributed by atoms with Crippen LogP contribution in [-0.2, 0) is 13.0 Å². The van der Waals surface area contributed by atoms with E-state index in [1.807, 2.05) is 4.90 Å². The smallest absolute Gasteiger partial charge is 0.336 e. The highest BCUT2D eigenvalue weighted by Crippen LogP contribution is 2.30. The molecule has 3 rings (SSSR count). The van der Waals surface area contributed by atoms with Crippen LogP contribution in [0.15, 0.2) is 36.4 Å². The molecule has 0 amide bonds. The second-order valence-electron chi connectivity index (χ2n) is 5.05. The SMILES string of the molecule is O=C(O)c1ccc(F)cc1CN1CCc2ccc(F)cc21. The van der Waals surface area contributed by atoms with Gasteiger partial charge in [0.25, 0.3) is 0 Å². The maximum Gasteiger partial charge on any atom is 0.336 e. The minimum absolute atomic E-state index is 0.0706. The summed E-state index contributed by atoms with van der Waals surface area (Å²) in [5, 5.41) is 9.17. The molecule has 2 aromatic carbocycles. The number of benzene rings is 2. The summed E-state index contributed by atoms with van der Waals surface area (Å²) in [6.45, 7) is 0.907. The molecule has 0 radical (unpaired) electrons. The predicted molar refractivity (Wildman–Crippen MR) is 74.5 cm³/mol. The zero-order chi connectivity index (χ0) is 15.0. The van der Waals surface area contributed by atoms with Crippen LogP contribution in [0.2, 0.25) is 0 Å². The summed E-state index contributed by atoms with van der Waals surface area (Å²) in [5.74, 6) is -1.91. The number of nitrogens with zero attached hydrogens (tertiary/aromatic N) is 1. The summed E-state index contributed by atoms with van der Waals surface area (Å²) >= 11 is 0. The third kappa shape index (κ3) is 2.59. The minimum Gasteiger partial charge on any atom is -0.478 e. The first-order chi connectivity index (χ1) is 10.0. The molecule has 1 aliphatic heterocycles. The van der Waals surface area contributed by atoms with E-state index in [0.717, 1.165) is 23.7 Å². The summed E-state index contributed by atoms with van der Waals surface area (Å²) in [5.41, 5.74) is 2.22. The highest BCUT2D eigenvalue weighted by atomic mass is 19.1. The van der Waals surface area contributed by atoms with Crippen molar-refractivity contribution in [2.24, 2.45) is 0 Å². The van der Waals surface area contributed by atoms with E-state index in [-0.39, 0.29) is 17.9 Å². The predicted octanol–water partition coefficient (Wildman–Crippen LogP) is 3.23. The van der Waals surface area contributed by atoms with Gasteiger partial charge in [-0.1, -0.05) is 6.07 Å². The molecule has 0 bridgehead atoms. The molecule has 0 spiro atoms. The molecule has 0 aliphatic carbocycles. The third-order valence-electron chi connectivity index (χ3n) is 3.70. The lowest BCUT2D eigenvalue weighted by Gasteiger charge is -2.20. The highest BCUT2D eigenvalue weighted by molar-refractivity contribution is 5.89. The van der Waals surface area contributed by atoms with Crippen LogP contribution in [0.3, 0.4) is 0 Å². The van der Waals surface area contributed by atoms with Crippen LogP contribution in [0.5, 0.6) is 0 Å². The second-order valence-corrected chi connectivity index (χ2v) is 5.05. The first kappa shape index (κ1) is 13.5. The molecule has 1 heterocycles. The first-order valence-electron chi connectivity index (χ1n) is 6.59. The number of halogens is 2. The van der Waals surface area contributed by atoms with Crippen molar-refractivity contribution in [1.82, 2.24) is 0 Å². The van der Waals surface area contributed by atoms with Gasteiger partial charge >= 0.3 is 5.97 Å². The normalized spacial score (nSPS) is 13.3. The number of hydrogen-bond acceptors (Lipinski definition) is 2. The average Bonchev–Trinajstić information content (AvgIpc) is 2.81. The molecule has 0 fully saturated rings. The quantitative estimate of drug-likeness (QED) is 0.943. The number of carbonyl (C=O) groups is 1. The van der Waals surface area contributed by atoms with Gasteiger partial charge in [-0.05, 0) is 47.9 Å². The lowest BCUT2D eigenvalue weighted by molar-refractivity contribution is 0.0695. The van der Waals surface area contributed by atoms with Gasteiger partial charge in [-0.15, -0.1) is 0 Å². The number of anilines is 1. The monoisotopic (exact) mass is 289 g/mol. The molecular weight excluding hydrogens is 276 g/mol. The van der Waals surface area contributed by atoms with Gasteiger partial charge in [0, 0.05) is 18.8 Å². The first-order valence-corrected chi connectivity index (χ1v) is 6.59. The third-order valence-corrected chi connectivity index (χ3v) is 3.70. The van der Waals surface area contributed by atoms with Crippen molar-refractivity contribution in [3.8, 4) is 0 Å². The van der Waals surface area contributed by atoms with Crippen LogP contribution in [0.25, 0.3) is 0 Å². The molecule has 1 N–H and O–H groups in total. The van der Waals surface area contributed by atoms with Gasteiger partial charge in [-0.2, -0.15) is 0 Å². The summed E-state index contributed by atoms with van der Waals surface area (Å²) in [6, 6.07) is 8.18. The molecule has 21 heavy (non-hydrogen) atoms. The molecule has 0 saturated carbocycles. The minimum atomic E-state index is -1.09. The van der Waals surface area contributed by atoms with E-state index in [1.165, 1.54) is 24.3 Å². The maximum atomic E-state index is 13.4. The van der Waals surface area contributed by atoms with E-state index in [9.17, 15) is 13.6 Å². The number of hydrogen-bond donors (Lipinski definition) is 1. The fourth-order valence-electron chi connectivity index (χ4n) is 2.69. The molecule has 1 aliphatic rings. The lowest BCUT2D eigenvalue weighted by Crippen LogP contribution is -2.21. The molecule has 0 aromatic heterocycles. The number of aromatic carboxylic acids is 1. The van der Waals surface area contributed by atoms with Crippen molar-refractivity contribution in [3.63, 3.8) is 0 Å². The van der Waals surface area contributed by atoms with Crippen molar-refractivity contribution in [2.75, 3.05) is 11.4 Å². The average molecular weight is 289 g/mol. The van der Waals surface area contributed by atoms with Crippen molar-refractivity contribution in [3.05, 3.63) is 64.7 Å². The van der Waals surface area contributed by atoms with Crippen LogP contribution >= 0.6 is 0 Å². The Bertz CT molecular complexity index is 715. The molecule has 0 atom stereocenters. The Morgan fingerprint density at radius 1 is 1.14 bits per heavy atom. The maximum absolute atomic E-state index is 13.4. The largest absolute Gasteiger partial charge is 0.478 e. The summed E-state index contributed by atoms with van der Waals surface area (Å²) in [6.07, 6.45) is 0.771. The lowest BCUT2D eigenvalue weighted by atomic mass is 10.1. The molecule has 2 aromatic rings. The zero-order valence-corrected chi connectivity index (χ0v) is 11.1. The fraction of sp³-hybridized carbons (Fsp3) is 0.188. The summed E-state index contributed by atoms with van der Waals surface area (Å²) in [4.78, 5) is 13.1. The van der Waals surface area contributed by atoms with E-state index >= 15 is 0 Å². The van der Waals surface area contributed by atoms with E-state index in [0.29, 0.717) is 12.1 Å². The Hall–Kier alpha value is -2.43. The fourth-order valence-corrected chi connectivity index (χ4v) is 2.69. The van der Waals surface area contributed by atoms with Gasteiger partial charge in [0.1, 0.15) is 11.6 Å². The topological polar surface area (TPSA) is 40.5 Å². The number of carboxylic acids is 1. The number of carboxylic acid groups (broad SMARTS) is 1. The van der Waals surface area contributed by atoms with Crippen LogP contribution in [0, 0.1) is 11.6 Å². The Labute approximate surface area is 120 Å². The van der Waals surface area contributed by atoms with Gasteiger partial charge in [0.15, 0.2) is 0 Å². The van der Waals surface area contributed by atoms with E-state index in [1.54, 1.807) is 6.07 Å². The van der Waals surface area contributed by atoms with Gasteiger partial charge in [0.2, 0.25) is 0 Å². The zero-order valence-electron chi connectivity index (χ0n) is 11.1. The molecule has 0 unspecified atom stereocenters.